The van der Waals surface area contributed by atoms with Gasteiger partial charge in [0.1, 0.15) is 5.60 Å². The highest BCUT2D eigenvalue weighted by Gasteiger charge is 2.24. The number of carbonyl (C=O) groups is 1. The van der Waals surface area contributed by atoms with Crippen LogP contribution < -0.4 is 4.90 Å². The summed E-state index contributed by atoms with van der Waals surface area (Å²) in [5.74, 6) is 0. The van der Waals surface area contributed by atoms with Crippen LogP contribution in [0.1, 0.15) is 40.0 Å². The Bertz CT molecular complexity index is 481. The Hall–Kier alpha value is -1.66. The lowest BCUT2D eigenvalue weighted by Gasteiger charge is -2.28. The molecule has 1 aliphatic rings. The second kappa shape index (κ2) is 8.26. The van der Waals surface area contributed by atoms with Crippen molar-refractivity contribution in [2.45, 2.75) is 51.9 Å². The number of rotatable bonds is 5. The van der Waals surface area contributed by atoms with Crippen LogP contribution in [0.25, 0.3) is 0 Å². The number of ether oxygens (including phenoxy) is 3. The van der Waals surface area contributed by atoms with E-state index in [9.17, 15) is 4.79 Å². The van der Waals surface area contributed by atoms with Gasteiger partial charge in [0.2, 0.25) is 0 Å². The van der Waals surface area contributed by atoms with E-state index in [-0.39, 0.29) is 6.29 Å². The van der Waals surface area contributed by atoms with Crippen LogP contribution in [0.3, 0.4) is 0 Å². The fraction of sp³-hybridized carbons (Fsp3) is 0.647. The molecule has 1 saturated heterocycles. The minimum absolute atomic E-state index is 0.165. The zero-order valence-corrected chi connectivity index (χ0v) is 14.2. The first-order valence-electron chi connectivity index (χ1n) is 8.09. The van der Waals surface area contributed by atoms with E-state index in [1.807, 2.05) is 20.8 Å². The van der Waals surface area contributed by atoms with Gasteiger partial charge in [-0.15, -0.1) is 0 Å². The third kappa shape index (κ3) is 6.15. The molecule has 1 unspecified atom stereocenters. The number of nitrogens with zero attached hydrogens (tertiary/aromatic N) is 2. The summed E-state index contributed by atoms with van der Waals surface area (Å²) in [5.41, 5.74) is 0.192. The molecule has 0 aromatic carbocycles. The highest BCUT2D eigenvalue weighted by atomic mass is 16.7. The van der Waals surface area contributed by atoms with Crippen molar-refractivity contribution in [1.82, 2.24) is 4.98 Å². The molecular weight excluding hydrogens is 296 g/mol. The molecule has 0 radical (unpaired) electrons. The molecule has 2 heterocycles. The smallest absolute Gasteiger partial charge is 0.414 e. The Morgan fingerprint density at radius 1 is 1.35 bits per heavy atom. The van der Waals surface area contributed by atoms with Crippen molar-refractivity contribution in [1.29, 1.82) is 0 Å². The normalized spacial score (nSPS) is 18.5. The van der Waals surface area contributed by atoms with Gasteiger partial charge in [-0.25, -0.2) is 4.79 Å². The largest absolute Gasteiger partial charge is 0.443 e. The predicted octanol–water partition coefficient (Wildman–Crippen LogP) is 3.37. The van der Waals surface area contributed by atoms with E-state index < -0.39 is 11.7 Å². The number of anilines is 1. The van der Waals surface area contributed by atoms with E-state index in [0.29, 0.717) is 13.2 Å². The highest BCUT2D eigenvalue weighted by Crippen LogP contribution is 2.18. The van der Waals surface area contributed by atoms with E-state index in [0.717, 1.165) is 31.6 Å². The maximum absolute atomic E-state index is 12.4. The molecule has 0 N–H and O–H groups in total. The van der Waals surface area contributed by atoms with E-state index in [4.69, 9.17) is 14.2 Å². The van der Waals surface area contributed by atoms with E-state index in [1.54, 1.807) is 29.4 Å². The SMILES string of the molecule is CC(C)(C)OC(=O)N(CCOC1CCCCO1)c1ccncc1. The average molecular weight is 322 g/mol. The van der Waals surface area contributed by atoms with Crippen LogP contribution in [-0.4, -0.2) is 42.7 Å². The summed E-state index contributed by atoms with van der Waals surface area (Å²) < 4.78 is 16.7. The van der Waals surface area contributed by atoms with Crippen molar-refractivity contribution >= 4 is 11.8 Å². The molecule has 1 amide bonds. The fourth-order valence-electron chi connectivity index (χ4n) is 2.28. The summed E-state index contributed by atoms with van der Waals surface area (Å²) in [5, 5.41) is 0. The Labute approximate surface area is 137 Å². The summed E-state index contributed by atoms with van der Waals surface area (Å²) in [4.78, 5) is 18.0. The number of aromatic nitrogens is 1. The van der Waals surface area contributed by atoms with Crippen LogP contribution >= 0.6 is 0 Å². The van der Waals surface area contributed by atoms with Gasteiger partial charge in [-0.05, 0) is 52.2 Å². The Kier molecular flexibility index (Phi) is 6.36. The minimum Gasteiger partial charge on any atom is -0.443 e. The van der Waals surface area contributed by atoms with Crippen LogP contribution in [-0.2, 0) is 14.2 Å². The monoisotopic (exact) mass is 322 g/mol. The van der Waals surface area contributed by atoms with E-state index in [1.165, 1.54) is 0 Å². The number of carbonyl (C=O) groups excluding carboxylic acids is 1. The lowest BCUT2D eigenvalue weighted by molar-refractivity contribution is -0.160. The molecule has 0 spiro atoms. The Morgan fingerprint density at radius 2 is 2.09 bits per heavy atom. The number of hydrogen-bond acceptors (Lipinski definition) is 5. The predicted molar refractivity (Wildman–Crippen MR) is 87.4 cm³/mol. The molecule has 1 aromatic heterocycles. The van der Waals surface area contributed by atoms with Crippen LogP contribution in [0, 0.1) is 0 Å². The molecule has 1 fully saturated rings. The van der Waals surface area contributed by atoms with Crippen molar-refractivity contribution in [3.05, 3.63) is 24.5 Å². The minimum atomic E-state index is -0.546. The summed E-state index contributed by atoms with van der Waals surface area (Å²) in [6.07, 6.45) is 5.85. The molecule has 0 bridgehead atoms. The highest BCUT2D eigenvalue weighted by molar-refractivity contribution is 5.87. The lowest BCUT2D eigenvalue weighted by Crippen LogP contribution is -2.39. The molecule has 1 aliphatic heterocycles. The average Bonchev–Trinajstić information content (AvgIpc) is 2.51. The molecule has 6 heteroatoms. The zero-order chi connectivity index (χ0) is 16.7. The number of amides is 1. The topological polar surface area (TPSA) is 60.9 Å². The lowest BCUT2D eigenvalue weighted by atomic mass is 10.2. The van der Waals surface area contributed by atoms with Gasteiger partial charge in [0.15, 0.2) is 6.29 Å². The van der Waals surface area contributed by atoms with Crippen molar-refractivity contribution in [3.8, 4) is 0 Å². The molecule has 0 aliphatic carbocycles. The maximum atomic E-state index is 12.4. The third-order valence-electron chi connectivity index (χ3n) is 3.34. The first kappa shape index (κ1) is 17.7. The second-order valence-electron chi connectivity index (χ2n) is 6.50. The molecule has 1 atom stereocenters. The molecule has 1 aromatic rings. The first-order chi connectivity index (χ1) is 11.0. The molecule has 0 saturated carbocycles. The Morgan fingerprint density at radius 3 is 2.70 bits per heavy atom. The van der Waals surface area contributed by atoms with Gasteiger partial charge in [-0.2, -0.15) is 0 Å². The zero-order valence-electron chi connectivity index (χ0n) is 14.2. The van der Waals surface area contributed by atoms with Crippen LogP contribution in [0.5, 0.6) is 0 Å². The van der Waals surface area contributed by atoms with Crippen LogP contribution in [0.15, 0.2) is 24.5 Å². The third-order valence-corrected chi connectivity index (χ3v) is 3.34. The maximum Gasteiger partial charge on any atom is 0.414 e. The van der Waals surface area contributed by atoms with Crippen LogP contribution in [0.2, 0.25) is 0 Å². The molecule has 6 nitrogen and oxygen atoms in total. The van der Waals surface area contributed by atoms with Crippen LogP contribution in [0.4, 0.5) is 10.5 Å². The van der Waals surface area contributed by atoms with Gasteiger partial charge < -0.3 is 14.2 Å². The second-order valence-corrected chi connectivity index (χ2v) is 6.50. The Balaban J connectivity index is 1.94. The standard InChI is InChI=1S/C17H26N2O4/c1-17(2,3)23-16(20)19(14-7-9-18-10-8-14)11-13-22-15-6-4-5-12-21-15/h7-10,15H,4-6,11-13H2,1-3H3. The van der Waals surface area contributed by atoms with Gasteiger partial charge in [-0.1, -0.05) is 0 Å². The summed E-state index contributed by atoms with van der Waals surface area (Å²) in [6, 6.07) is 3.56. The number of hydrogen-bond donors (Lipinski definition) is 0. The van der Waals surface area contributed by atoms with Gasteiger partial charge in [0.25, 0.3) is 0 Å². The summed E-state index contributed by atoms with van der Waals surface area (Å²) >= 11 is 0. The van der Waals surface area contributed by atoms with Crippen molar-refractivity contribution < 1.29 is 19.0 Å². The summed E-state index contributed by atoms with van der Waals surface area (Å²) in [7, 11) is 0. The van der Waals surface area contributed by atoms with E-state index in [2.05, 4.69) is 4.98 Å². The van der Waals surface area contributed by atoms with E-state index >= 15 is 0 Å². The molecule has 2 rings (SSSR count). The quantitative estimate of drug-likeness (QED) is 0.832. The summed E-state index contributed by atoms with van der Waals surface area (Å²) in [6.45, 7) is 7.09. The molecule has 128 valence electrons. The van der Waals surface area contributed by atoms with Crippen molar-refractivity contribution in [2.75, 3.05) is 24.7 Å². The van der Waals surface area contributed by atoms with Gasteiger partial charge in [-0.3, -0.25) is 9.88 Å². The van der Waals surface area contributed by atoms with Gasteiger partial charge in [0.05, 0.1) is 18.8 Å². The van der Waals surface area contributed by atoms with Crippen molar-refractivity contribution in [2.24, 2.45) is 0 Å². The fourth-order valence-corrected chi connectivity index (χ4v) is 2.28. The molecule has 23 heavy (non-hydrogen) atoms. The van der Waals surface area contributed by atoms with Gasteiger partial charge >= 0.3 is 6.09 Å². The number of pyridine rings is 1. The molecular formula is C17H26N2O4. The van der Waals surface area contributed by atoms with Crippen molar-refractivity contribution in [3.63, 3.8) is 0 Å². The first-order valence-corrected chi connectivity index (χ1v) is 8.09. The van der Waals surface area contributed by atoms with Gasteiger partial charge in [0, 0.05) is 19.0 Å².